The number of rotatable bonds is 5. The van der Waals surface area contributed by atoms with Gasteiger partial charge < -0.3 is 4.90 Å². The number of carbonyl (C=O) groups is 2. The zero-order chi connectivity index (χ0) is 14.4. The Morgan fingerprint density at radius 3 is 2.60 bits per heavy atom. The summed E-state index contributed by atoms with van der Waals surface area (Å²) >= 11 is 0. The van der Waals surface area contributed by atoms with Gasteiger partial charge in [0.1, 0.15) is 0 Å². The topological polar surface area (TPSA) is 37.4 Å². The summed E-state index contributed by atoms with van der Waals surface area (Å²) in [6.07, 6.45) is 10.9. The van der Waals surface area contributed by atoms with Gasteiger partial charge in [0, 0.05) is 18.9 Å². The average Bonchev–Trinajstić information content (AvgIpc) is 2.64. The molecule has 20 heavy (non-hydrogen) atoms. The van der Waals surface area contributed by atoms with Crippen LogP contribution in [0.2, 0.25) is 0 Å². The monoisotopic (exact) mass is 279 g/mol. The van der Waals surface area contributed by atoms with E-state index in [1.54, 1.807) is 0 Å². The van der Waals surface area contributed by atoms with Crippen LogP contribution in [-0.2, 0) is 9.59 Å². The van der Waals surface area contributed by atoms with Crippen LogP contribution in [0.3, 0.4) is 0 Å². The molecule has 0 aromatic rings. The smallest absolute Gasteiger partial charge is 0.222 e. The molecule has 1 atom stereocenters. The lowest BCUT2D eigenvalue weighted by molar-refractivity contribution is -0.136. The molecule has 1 unspecified atom stereocenters. The highest BCUT2D eigenvalue weighted by atomic mass is 16.2. The fourth-order valence-electron chi connectivity index (χ4n) is 3.70. The molecule has 0 N–H and O–H groups in total. The van der Waals surface area contributed by atoms with Crippen molar-refractivity contribution < 1.29 is 9.59 Å². The standard InChI is InChI=1S/C17H29NO2/c1-2-6-14-9-10-17(20)18(12-11-14)13-16(19)15-7-4-3-5-8-15/h14-15H,2-13H2,1H3. The molecule has 3 heteroatoms. The summed E-state index contributed by atoms with van der Waals surface area (Å²) in [6.45, 7) is 3.38. The minimum atomic E-state index is 0.202. The summed E-state index contributed by atoms with van der Waals surface area (Å²) in [7, 11) is 0. The van der Waals surface area contributed by atoms with Crippen LogP contribution in [0.25, 0.3) is 0 Å². The minimum absolute atomic E-state index is 0.202. The maximum absolute atomic E-state index is 12.3. The molecule has 0 radical (unpaired) electrons. The normalized spacial score (nSPS) is 25.6. The molecule has 1 heterocycles. The van der Waals surface area contributed by atoms with E-state index in [-0.39, 0.29) is 11.8 Å². The number of Topliss-reactive ketones (excluding diaryl/α,β-unsaturated/α-hetero) is 1. The van der Waals surface area contributed by atoms with Gasteiger partial charge in [-0.2, -0.15) is 0 Å². The van der Waals surface area contributed by atoms with Crippen LogP contribution in [0.4, 0.5) is 0 Å². The van der Waals surface area contributed by atoms with E-state index in [9.17, 15) is 9.59 Å². The lowest BCUT2D eigenvalue weighted by Gasteiger charge is -2.25. The molecule has 0 spiro atoms. The summed E-state index contributed by atoms with van der Waals surface area (Å²) in [5, 5.41) is 0. The van der Waals surface area contributed by atoms with Crippen molar-refractivity contribution >= 4 is 11.7 Å². The second-order valence-corrected chi connectivity index (χ2v) is 6.60. The third-order valence-electron chi connectivity index (χ3n) is 5.03. The van der Waals surface area contributed by atoms with E-state index < -0.39 is 0 Å². The first-order valence-electron chi connectivity index (χ1n) is 8.51. The average molecular weight is 279 g/mol. The quantitative estimate of drug-likeness (QED) is 0.771. The zero-order valence-electron chi connectivity index (χ0n) is 12.9. The second kappa shape index (κ2) is 7.80. The van der Waals surface area contributed by atoms with E-state index in [0.717, 1.165) is 32.2 Å². The fourth-order valence-corrected chi connectivity index (χ4v) is 3.70. The summed E-state index contributed by atoms with van der Waals surface area (Å²) in [5.41, 5.74) is 0. The van der Waals surface area contributed by atoms with E-state index in [1.807, 2.05) is 4.90 Å². The van der Waals surface area contributed by atoms with Gasteiger partial charge in [-0.05, 0) is 31.6 Å². The van der Waals surface area contributed by atoms with Crippen LogP contribution in [0, 0.1) is 11.8 Å². The van der Waals surface area contributed by atoms with E-state index in [0.29, 0.717) is 24.7 Å². The van der Waals surface area contributed by atoms with Gasteiger partial charge >= 0.3 is 0 Å². The Hall–Kier alpha value is -0.860. The molecule has 1 aliphatic heterocycles. The van der Waals surface area contributed by atoms with Crippen molar-refractivity contribution in [3.05, 3.63) is 0 Å². The van der Waals surface area contributed by atoms with Crippen molar-refractivity contribution in [3.63, 3.8) is 0 Å². The Labute approximate surface area is 123 Å². The van der Waals surface area contributed by atoms with Crippen molar-refractivity contribution in [2.45, 2.75) is 71.1 Å². The Bertz CT molecular complexity index is 334. The molecule has 0 aromatic heterocycles. The van der Waals surface area contributed by atoms with Crippen LogP contribution in [0.1, 0.15) is 71.1 Å². The van der Waals surface area contributed by atoms with Crippen molar-refractivity contribution in [3.8, 4) is 0 Å². The molecule has 0 bridgehead atoms. The number of carbonyl (C=O) groups excluding carboxylic acids is 2. The number of likely N-dealkylation sites (tertiary alicyclic amines) is 1. The molecule has 1 saturated carbocycles. The highest BCUT2D eigenvalue weighted by Crippen LogP contribution is 2.26. The fraction of sp³-hybridized carbons (Fsp3) is 0.882. The van der Waals surface area contributed by atoms with Crippen LogP contribution >= 0.6 is 0 Å². The highest BCUT2D eigenvalue weighted by Gasteiger charge is 2.27. The van der Waals surface area contributed by atoms with E-state index in [4.69, 9.17) is 0 Å². The van der Waals surface area contributed by atoms with Gasteiger partial charge in [-0.3, -0.25) is 9.59 Å². The molecular weight excluding hydrogens is 250 g/mol. The first-order valence-corrected chi connectivity index (χ1v) is 8.51. The van der Waals surface area contributed by atoms with Gasteiger partial charge in [-0.25, -0.2) is 0 Å². The zero-order valence-corrected chi connectivity index (χ0v) is 12.9. The Kier molecular flexibility index (Phi) is 6.06. The van der Waals surface area contributed by atoms with E-state index >= 15 is 0 Å². The van der Waals surface area contributed by atoms with E-state index in [2.05, 4.69) is 6.92 Å². The van der Waals surface area contributed by atoms with Gasteiger partial charge in [0.05, 0.1) is 6.54 Å². The molecule has 114 valence electrons. The van der Waals surface area contributed by atoms with Crippen LogP contribution in [0.5, 0.6) is 0 Å². The van der Waals surface area contributed by atoms with E-state index in [1.165, 1.54) is 32.1 Å². The minimum Gasteiger partial charge on any atom is -0.335 e. The van der Waals surface area contributed by atoms with Crippen molar-refractivity contribution in [1.82, 2.24) is 4.90 Å². The van der Waals surface area contributed by atoms with Gasteiger partial charge in [0.15, 0.2) is 5.78 Å². The molecule has 1 amide bonds. The van der Waals surface area contributed by atoms with Gasteiger partial charge in [-0.1, -0.05) is 39.0 Å². The lowest BCUT2D eigenvalue weighted by Crippen LogP contribution is -2.38. The Morgan fingerprint density at radius 2 is 1.90 bits per heavy atom. The molecule has 3 nitrogen and oxygen atoms in total. The second-order valence-electron chi connectivity index (χ2n) is 6.60. The molecular formula is C17H29NO2. The third kappa shape index (κ3) is 4.32. The molecule has 1 saturated heterocycles. The summed E-state index contributed by atoms with van der Waals surface area (Å²) in [6, 6.07) is 0. The van der Waals surface area contributed by atoms with Gasteiger partial charge in [0.25, 0.3) is 0 Å². The number of hydrogen-bond acceptors (Lipinski definition) is 2. The lowest BCUT2D eigenvalue weighted by atomic mass is 9.86. The predicted octanol–water partition coefficient (Wildman–Crippen LogP) is 3.56. The molecule has 0 aromatic carbocycles. The molecule has 2 rings (SSSR count). The SMILES string of the molecule is CCCC1CCC(=O)N(CC(=O)C2CCCCC2)CC1. The third-order valence-corrected chi connectivity index (χ3v) is 5.03. The highest BCUT2D eigenvalue weighted by molar-refractivity contribution is 5.87. The van der Waals surface area contributed by atoms with Crippen molar-refractivity contribution in [1.29, 1.82) is 0 Å². The van der Waals surface area contributed by atoms with Crippen LogP contribution in [-0.4, -0.2) is 29.7 Å². The summed E-state index contributed by atoms with van der Waals surface area (Å²) < 4.78 is 0. The van der Waals surface area contributed by atoms with Gasteiger partial charge in [-0.15, -0.1) is 0 Å². The van der Waals surface area contributed by atoms with Crippen molar-refractivity contribution in [2.24, 2.45) is 11.8 Å². The maximum Gasteiger partial charge on any atom is 0.222 e. The van der Waals surface area contributed by atoms with Crippen molar-refractivity contribution in [2.75, 3.05) is 13.1 Å². The summed E-state index contributed by atoms with van der Waals surface area (Å²) in [5.74, 6) is 1.42. The summed E-state index contributed by atoms with van der Waals surface area (Å²) in [4.78, 5) is 26.3. The van der Waals surface area contributed by atoms with Crippen LogP contribution < -0.4 is 0 Å². The number of amides is 1. The Balaban J connectivity index is 1.84. The first kappa shape index (κ1) is 15.5. The Morgan fingerprint density at radius 1 is 1.15 bits per heavy atom. The van der Waals surface area contributed by atoms with Crippen LogP contribution in [0.15, 0.2) is 0 Å². The van der Waals surface area contributed by atoms with Gasteiger partial charge in [0.2, 0.25) is 5.91 Å². The molecule has 2 fully saturated rings. The number of hydrogen-bond donors (Lipinski definition) is 0. The molecule has 2 aliphatic rings. The number of ketones is 1. The molecule has 1 aliphatic carbocycles. The largest absolute Gasteiger partial charge is 0.335 e. The number of nitrogens with zero attached hydrogens (tertiary/aromatic N) is 1. The first-order chi connectivity index (χ1) is 9.70. The maximum atomic E-state index is 12.3. The predicted molar refractivity (Wildman–Crippen MR) is 80.4 cm³/mol.